The van der Waals surface area contributed by atoms with Crippen LogP contribution in [0.15, 0.2) is 24.3 Å². The molecule has 1 aliphatic carbocycles. The van der Waals surface area contributed by atoms with Crippen molar-refractivity contribution in [2.45, 2.75) is 46.1 Å². The molecule has 2 fully saturated rings. The number of nitrogens with zero attached hydrogens (tertiary/aromatic N) is 2. The van der Waals surface area contributed by atoms with Crippen LogP contribution in [-0.4, -0.2) is 37.1 Å². The lowest BCUT2D eigenvalue weighted by atomic mass is 9.91. The second-order valence-corrected chi connectivity index (χ2v) is 5.44. The van der Waals surface area contributed by atoms with E-state index in [1.54, 1.807) is 0 Å². The summed E-state index contributed by atoms with van der Waals surface area (Å²) in [7, 11) is 0. The SMILES string of the molecule is CC.Cc1ccc(N2CCN(C3CCC3)CC2)cc1. The molecule has 0 spiro atoms. The molecule has 0 amide bonds. The van der Waals surface area contributed by atoms with Gasteiger partial charge >= 0.3 is 0 Å². The van der Waals surface area contributed by atoms with Gasteiger partial charge in [0.25, 0.3) is 0 Å². The third-order valence-corrected chi connectivity index (χ3v) is 4.30. The molecule has 1 saturated heterocycles. The first-order chi connectivity index (χ1) is 9.33. The number of rotatable bonds is 2. The lowest BCUT2D eigenvalue weighted by molar-refractivity contribution is 0.120. The highest BCUT2D eigenvalue weighted by Crippen LogP contribution is 2.26. The van der Waals surface area contributed by atoms with Crippen molar-refractivity contribution in [1.82, 2.24) is 4.90 Å². The molecule has 1 saturated carbocycles. The quantitative estimate of drug-likeness (QED) is 0.800. The number of hydrogen-bond donors (Lipinski definition) is 0. The minimum Gasteiger partial charge on any atom is -0.369 e. The topological polar surface area (TPSA) is 6.48 Å². The molecule has 0 radical (unpaired) electrons. The van der Waals surface area contributed by atoms with Crippen LogP contribution in [0.3, 0.4) is 0 Å². The second-order valence-electron chi connectivity index (χ2n) is 5.44. The first-order valence-corrected chi connectivity index (χ1v) is 7.88. The Balaban J connectivity index is 0.000000637. The van der Waals surface area contributed by atoms with Crippen LogP contribution in [0.25, 0.3) is 0 Å². The zero-order chi connectivity index (χ0) is 13.7. The second kappa shape index (κ2) is 6.95. The number of hydrogen-bond acceptors (Lipinski definition) is 2. The highest BCUT2D eigenvalue weighted by molar-refractivity contribution is 5.47. The molecule has 2 nitrogen and oxygen atoms in total. The van der Waals surface area contributed by atoms with Gasteiger partial charge in [-0.05, 0) is 31.9 Å². The van der Waals surface area contributed by atoms with Crippen LogP contribution in [0, 0.1) is 6.92 Å². The van der Waals surface area contributed by atoms with Crippen LogP contribution < -0.4 is 4.90 Å². The summed E-state index contributed by atoms with van der Waals surface area (Å²) in [5.74, 6) is 0. The van der Waals surface area contributed by atoms with Crippen molar-refractivity contribution in [1.29, 1.82) is 0 Å². The molecule has 2 heteroatoms. The van der Waals surface area contributed by atoms with E-state index >= 15 is 0 Å². The van der Waals surface area contributed by atoms with Gasteiger partial charge in [0, 0.05) is 37.9 Å². The van der Waals surface area contributed by atoms with E-state index in [1.807, 2.05) is 13.8 Å². The van der Waals surface area contributed by atoms with E-state index in [-0.39, 0.29) is 0 Å². The zero-order valence-electron chi connectivity index (χ0n) is 12.7. The summed E-state index contributed by atoms with van der Waals surface area (Å²) in [6.07, 6.45) is 4.32. The summed E-state index contributed by atoms with van der Waals surface area (Å²) in [5, 5.41) is 0. The van der Waals surface area contributed by atoms with E-state index in [4.69, 9.17) is 0 Å². The molecule has 1 aromatic rings. The maximum atomic E-state index is 2.69. The van der Waals surface area contributed by atoms with Gasteiger partial charge in [-0.25, -0.2) is 0 Å². The van der Waals surface area contributed by atoms with E-state index in [1.165, 1.54) is 56.7 Å². The predicted octanol–water partition coefficient (Wildman–Crippen LogP) is 3.70. The highest BCUT2D eigenvalue weighted by Gasteiger charge is 2.27. The number of benzene rings is 1. The Morgan fingerprint density at radius 1 is 0.895 bits per heavy atom. The maximum absolute atomic E-state index is 2.69. The van der Waals surface area contributed by atoms with Crippen LogP contribution in [0.5, 0.6) is 0 Å². The number of anilines is 1. The summed E-state index contributed by atoms with van der Waals surface area (Å²) in [6, 6.07) is 9.86. The van der Waals surface area contributed by atoms with Crippen molar-refractivity contribution < 1.29 is 0 Å². The lowest BCUT2D eigenvalue weighted by Gasteiger charge is -2.43. The maximum Gasteiger partial charge on any atom is 0.0367 e. The van der Waals surface area contributed by atoms with Crippen LogP contribution in [0.4, 0.5) is 5.69 Å². The van der Waals surface area contributed by atoms with Gasteiger partial charge in [-0.1, -0.05) is 38.0 Å². The van der Waals surface area contributed by atoms with Gasteiger partial charge in [0.05, 0.1) is 0 Å². The molecule has 0 atom stereocenters. The Morgan fingerprint density at radius 3 is 1.95 bits per heavy atom. The standard InChI is InChI=1S/C15H22N2.C2H6/c1-13-5-7-15(8-6-13)17-11-9-16(10-12-17)14-3-2-4-14;1-2/h5-8,14H,2-4,9-12H2,1H3;1-2H3. The van der Waals surface area contributed by atoms with Crippen LogP contribution in [0.1, 0.15) is 38.7 Å². The van der Waals surface area contributed by atoms with Crippen LogP contribution in [-0.2, 0) is 0 Å². The largest absolute Gasteiger partial charge is 0.369 e. The van der Waals surface area contributed by atoms with Gasteiger partial charge in [0.2, 0.25) is 0 Å². The molecule has 0 unspecified atom stereocenters. The third kappa shape index (κ3) is 3.50. The Labute approximate surface area is 118 Å². The first kappa shape index (κ1) is 14.4. The molecule has 106 valence electrons. The monoisotopic (exact) mass is 260 g/mol. The van der Waals surface area contributed by atoms with E-state index < -0.39 is 0 Å². The molecular weight excluding hydrogens is 232 g/mol. The zero-order valence-corrected chi connectivity index (χ0v) is 12.7. The molecule has 3 rings (SSSR count). The molecular formula is C17H28N2. The smallest absolute Gasteiger partial charge is 0.0367 e. The summed E-state index contributed by atoms with van der Waals surface area (Å²) < 4.78 is 0. The molecule has 1 heterocycles. The Bertz CT molecular complexity index is 359. The summed E-state index contributed by atoms with van der Waals surface area (Å²) >= 11 is 0. The molecule has 0 N–H and O–H groups in total. The van der Waals surface area contributed by atoms with E-state index in [2.05, 4.69) is 41.0 Å². The highest BCUT2D eigenvalue weighted by atomic mass is 15.3. The van der Waals surface area contributed by atoms with Crippen molar-refractivity contribution in [3.05, 3.63) is 29.8 Å². The predicted molar refractivity (Wildman–Crippen MR) is 84.0 cm³/mol. The molecule has 0 aromatic heterocycles. The van der Waals surface area contributed by atoms with Crippen molar-refractivity contribution in [2.75, 3.05) is 31.1 Å². The van der Waals surface area contributed by atoms with Gasteiger partial charge in [-0.2, -0.15) is 0 Å². The fraction of sp³-hybridized carbons (Fsp3) is 0.647. The van der Waals surface area contributed by atoms with E-state index in [0.717, 1.165) is 6.04 Å². The van der Waals surface area contributed by atoms with Gasteiger partial charge < -0.3 is 4.90 Å². The van der Waals surface area contributed by atoms with Crippen molar-refractivity contribution >= 4 is 5.69 Å². The van der Waals surface area contributed by atoms with Crippen LogP contribution >= 0.6 is 0 Å². The molecule has 19 heavy (non-hydrogen) atoms. The molecule has 1 aromatic carbocycles. The Hall–Kier alpha value is -1.02. The minimum absolute atomic E-state index is 0.912. The van der Waals surface area contributed by atoms with Gasteiger partial charge in [0.1, 0.15) is 0 Å². The summed E-state index contributed by atoms with van der Waals surface area (Å²) in [4.78, 5) is 5.21. The lowest BCUT2D eigenvalue weighted by Crippen LogP contribution is -2.52. The van der Waals surface area contributed by atoms with Gasteiger partial charge in [-0.15, -0.1) is 0 Å². The average Bonchev–Trinajstić information content (AvgIpc) is 2.41. The van der Waals surface area contributed by atoms with Crippen LogP contribution in [0.2, 0.25) is 0 Å². The van der Waals surface area contributed by atoms with Crippen molar-refractivity contribution in [3.63, 3.8) is 0 Å². The average molecular weight is 260 g/mol. The van der Waals surface area contributed by atoms with Crippen molar-refractivity contribution in [2.24, 2.45) is 0 Å². The van der Waals surface area contributed by atoms with E-state index in [0.29, 0.717) is 0 Å². The molecule has 2 aliphatic rings. The fourth-order valence-electron chi connectivity index (χ4n) is 2.85. The van der Waals surface area contributed by atoms with Gasteiger partial charge in [-0.3, -0.25) is 4.90 Å². The van der Waals surface area contributed by atoms with E-state index in [9.17, 15) is 0 Å². The fourth-order valence-corrected chi connectivity index (χ4v) is 2.85. The molecule has 1 aliphatic heterocycles. The normalized spacial score (nSPS) is 20.5. The Kier molecular flexibility index (Phi) is 5.26. The van der Waals surface area contributed by atoms with Gasteiger partial charge in [0.15, 0.2) is 0 Å². The Morgan fingerprint density at radius 2 is 1.47 bits per heavy atom. The van der Waals surface area contributed by atoms with Crippen molar-refractivity contribution in [3.8, 4) is 0 Å². The number of aryl methyl sites for hydroxylation is 1. The minimum atomic E-state index is 0.912. The summed E-state index contributed by atoms with van der Waals surface area (Å²) in [6.45, 7) is 11.0. The first-order valence-electron chi connectivity index (χ1n) is 7.88. The number of piperazine rings is 1. The third-order valence-electron chi connectivity index (χ3n) is 4.30. The summed E-state index contributed by atoms with van der Waals surface area (Å²) in [5.41, 5.74) is 2.74. The molecule has 0 bridgehead atoms.